The first-order valence-corrected chi connectivity index (χ1v) is 6.58. The second-order valence-corrected chi connectivity index (χ2v) is 4.69. The van der Waals surface area contributed by atoms with Gasteiger partial charge < -0.3 is 11.1 Å². The van der Waals surface area contributed by atoms with E-state index in [9.17, 15) is 13.6 Å². The summed E-state index contributed by atoms with van der Waals surface area (Å²) in [5, 5.41) is 2.79. The van der Waals surface area contributed by atoms with Gasteiger partial charge in [-0.3, -0.25) is 4.79 Å². The fourth-order valence-electron chi connectivity index (χ4n) is 2.04. The van der Waals surface area contributed by atoms with Crippen LogP contribution >= 0.6 is 0 Å². The zero-order valence-electron chi connectivity index (χ0n) is 11.4. The fraction of sp³-hybridized carbons (Fsp3) is 0.188. The van der Waals surface area contributed by atoms with Crippen molar-refractivity contribution in [2.24, 2.45) is 5.73 Å². The number of nitrogens with two attached hydrogens (primary N) is 1. The van der Waals surface area contributed by atoms with Gasteiger partial charge in [0.1, 0.15) is 0 Å². The molecule has 0 aliphatic rings. The topological polar surface area (TPSA) is 55.1 Å². The van der Waals surface area contributed by atoms with Crippen molar-refractivity contribution in [1.82, 2.24) is 5.32 Å². The third kappa shape index (κ3) is 4.10. The largest absolute Gasteiger partial charge is 0.348 e. The van der Waals surface area contributed by atoms with E-state index in [0.717, 1.165) is 17.7 Å². The van der Waals surface area contributed by atoms with E-state index >= 15 is 0 Å². The lowest BCUT2D eigenvalue weighted by molar-refractivity contribution is -0.121. The van der Waals surface area contributed by atoms with Crippen molar-refractivity contribution < 1.29 is 13.6 Å². The quantitative estimate of drug-likeness (QED) is 0.888. The van der Waals surface area contributed by atoms with Crippen molar-refractivity contribution >= 4 is 5.91 Å². The lowest BCUT2D eigenvalue weighted by Crippen LogP contribution is -2.34. The summed E-state index contributed by atoms with van der Waals surface area (Å²) < 4.78 is 25.9. The summed E-state index contributed by atoms with van der Waals surface area (Å²) in [4.78, 5) is 12.0. The van der Waals surface area contributed by atoms with E-state index in [2.05, 4.69) is 5.32 Å². The summed E-state index contributed by atoms with van der Waals surface area (Å²) in [5.41, 5.74) is 6.98. The molecule has 110 valence electrons. The van der Waals surface area contributed by atoms with Gasteiger partial charge in [0.25, 0.3) is 0 Å². The monoisotopic (exact) mass is 290 g/mol. The van der Waals surface area contributed by atoms with Crippen LogP contribution in [0.5, 0.6) is 0 Å². The molecule has 3 N–H and O–H groups in total. The Balaban J connectivity index is 2.01. The Morgan fingerprint density at radius 1 is 1.10 bits per heavy atom. The molecular formula is C16H16F2N2O. The van der Waals surface area contributed by atoms with Gasteiger partial charge in [0.15, 0.2) is 11.6 Å². The maximum atomic E-state index is 13.1. The Morgan fingerprint density at radius 2 is 1.81 bits per heavy atom. The molecule has 2 aromatic carbocycles. The van der Waals surface area contributed by atoms with E-state index < -0.39 is 11.6 Å². The zero-order valence-corrected chi connectivity index (χ0v) is 11.4. The van der Waals surface area contributed by atoms with Crippen LogP contribution in [0.25, 0.3) is 0 Å². The number of carbonyl (C=O) groups excluding carboxylic acids is 1. The molecule has 0 saturated carbocycles. The van der Waals surface area contributed by atoms with Crippen LogP contribution in [0.15, 0.2) is 48.5 Å². The molecule has 0 heterocycles. The molecule has 0 saturated heterocycles. The standard InChI is InChI=1S/C16H16F2N2O/c17-13-7-6-11(8-14(13)18)9-16(21)20-15(10-19)12-4-2-1-3-5-12/h1-8,15H,9-10,19H2,(H,20,21). The number of amides is 1. The van der Waals surface area contributed by atoms with Crippen LogP contribution in [-0.4, -0.2) is 12.5 Å². The predicted molar refractivity (Wildman–Crippen MR) is 76.4 cm³/mol. The maximum Gasteiger partial charge on any atom is 0.224 e. The normalized spacial score (nSPS) is 12.0. The van der Waals surface area contributed by atoms with Crippen LogP contribution in [-0.2, 0) is 11.2 Å². The summed E-state index contributed by atoms with van der Waals surface area (Å²) in [6.45, 7) is 0.257. The van der Waals surface area contributed by atoms with Gasteiger partial charge in [-0.2, -0.15) is 0 Å². The molecule has 0 spiro atoms. The van der Waals surface area contributed by atoms with Crippen molar-refractivity contribution in [3.8, 4) is 0 Å². The molecule has 2 rings (SSSR count). The number of hydrogen-bond donors (Lipinski definition) is 2. The summed E-state index contributed by atoms with van der Waals surface area (Å²) in [7, 11) is 0. The van der Waals surface area contributed by atoms with E-state index in [0.29, 0.717) is 5.56 Å². The lowest BCUT2D eigenvalue weighted by atomic mass is 10.1. The molecular weight excluding hydrogens is 274 g/mol. The second kappa shape index (κ2) is 6.95. The number of hydrogen-bond acceptors (Lipinski definition) is 2. The summed E-state index contributed by atoms with van der Waals surface area (Å²) in [5.74, 6) is -2.18. The van der Waals surface area contributed by atoms with Gasteiger partial charge in [-0.1, -0.05) is 36.4 Å². The highest BCUT2D eigenvalue weighted by Crippen LogP contribution is 2.12. The zero-order chi connectivity index (χ0) is 15.2. The average Bonchev–Trinajstić information content (AvgIpc) is 2.49. The van der Waals surface area contributed by atoms with Crippen molar-refractivity contribution in [2.45, 2.75) is 12.5 Å². The molecule has 0 radical (unpaired) electrons. The first kappa shape index (κ1) is 15.1. The Hall–Kier alpha value is -2.27. The maximum absolute atomic E-state index is 13.1. The number of nitrogens with one attached hydrogen (secondary N) is 1. The molecule has 0 fully saturated rings. The molecule has 1 unspecified atom stereocenters. The highest BCUT2D eigenvalue weighted by atomic mass is 19.2. The van der Waals surface area contributed by atoms with Crippen molar-refractivity contribution in [2.75, 3.05) is 6.54 Å². The number of halogens is 2. The van der Waals surface area contributed by atoms with Crippen LogP contribution in [0, 0.1) is 11.6 Å². The van der Waals surface area contributed by atoms with Gasteiger partial charge in [0, 0.05) is 6.54 Å². The average molecular weight is 290 g/mol. The van der Waals surface area contributed by atoms with Crippen molar-refractivity contribution in [1.29, 1.82) is 0 Å². The first-order valence-electron chi connectivity index (χ1n) is 6.58. The molecule has 1 atom stereocenters. The highest BCUT2D eigenvalue weighted by molar-refractivity contribution is 5.79. The van der Waals surface area contributed by atoms with Gasteiger partial charge in [0.2, 0.25) is 5.91 Å². The van der Waals surface area contributed by atoms with Gasteiger partial charge in [-0.05, 0) is 23.3 Å². The third-order valence-corrected chi connectivity index (χ3v) is 3.12. The fourth-order valence-corrected chi connectivity index (χ4v) is 2.04. The van der Waals surface area contributed by atoms with E-state index in [1.54, 1.807) is 0 Å². The van der Waals surface area contributed by atoms with Crippen molar-refractivity contribution in [3.63, 3.8) is 0 Å². The van der Waals surface area contributed by atoms with Crippen LogP contribution in [0.1, 0.15) is 17.2 Å². The molecule has 3 nitrogen and oxygen atoms in total. The predicted octanol–water partition coefficient (Wildman–Crippen LogP) is 2.32. The molecule has 0 aliphatic carbocycles. The summed E-state index contributed by atoms with van der Waals surface area (Å²) in [6, 6.07) is 12.5. The van der Waals surface area contributed by atoms with Crippen molar-refractivity contribution in [3.05, 3.63) is 71.3 Å². The molecule has 5 heteroatoms. The van der Waals surface area contributed by atoms with E-state index in [1.807, 2.05) is 30.3 Å². The van der Waals surface area contributed by atoms with Gasteiger partial charge >= 0.3 is 0 Å². The SMILES string of the molecule is NCC(NC(=O)Cc1ccc(F)c(F)c1)c1ccccc1. The summed E-state index contributed by atoms with van der Waals surface area (Å²) >= 11 is 0. The Bertz CT molecular complexity index is 617. The third-order valence-electron chi connectivity index (χ3n) is 3.12. The highest BCUT2D eigenvalue weighted by Gasteiger charge is 2.13. The molecule has 2 aromatic rings. The number of benzene rings is 2. The van der Waals surface area contributed by atoms with Gasteiger partial charge in [-0.15, -0.1) is 0 Å². The lowest BCUT2D eigenvalue weighted by Gasteiger charge is -2.17. The van der Waals surface area contributed by atoms with E-state index in [4.69, 9.17) is 5.73 Å². The van der Waals surface area contributed by atoms with E-state index in [-0.39, 0.29) is 24.9 Å². The molecule has 0 aromatic heterocycles. The minimum Gasteiger partial charge on any atom is -0.348 e. The number of rotatable bonds is 5. The molecule has 1 amide bonds. The van der Waals surface area contributed by atoms with E-state index in [1.165, 1.54) is 6.07 Å². The minimum atomic E-state index is -0.960. The van der Waals surface area contributed by atoms with Gasteiger partial charge in [0.05, 0.1) is 12.5 Å². The Morgan fingerprint density at radius 3 is 2.43 bits per heavy atom. The Kier molecular flexibility index (Phi) is 5.00. The van der Waals surface area contributed by atoms with Crippen LogP contribution < -0.4 is 11.1 Å². The number of carbonyl (C=O) groups is 1. The first-order chi connectivity index (χ1) is 10.1. The van der Waals surface area contributed by atoms with Gasteiger partial charge in [-0.25, -0.2) is 8.78 Å². The Labute approximate surface area is 121 Å². The van der Waals surface area contributed by atoms with Crippen LogP contribution in [0.4, 0.5) is 8.78 Å². The summed E-state index contributed by atoms with van der Waals surface area (Å²) in [6.07, 6.45) is -0.0272. The molecule has 0 bridgehead atoms. The van der Waals surface area contributed by atoms with Crippen LogP contribution in [0.2, 0.25) is 0 Å². The molecule has 0 aliphatic heterocycles. The second-order valence-electron chi connectivity index (χ2n) is 4.69. The minimum absolute atomic E-state index is 0.0272. The van der Waals surface area contributed by atoms with Crippen LogP contribution in [0.3, 0.4) is 0 Å². The molecule has 21 heavy (non-hydrogen) atoms. The smallest absolute Gasteiger partial charge is 0.224 e.